The first-order chi connectivity index (χ1) is 14.3. The molecule has 0 bridgehead atoms. The SMILES string of the molecule is CCN(CC)S(=O)(=O)c1ccc(F)c(C(=O)Nc2ccc(Cn3ccnc3)cc2)c1. The van der Waals surface area contributed by atoms with Crippen LogP contribution in [0.3, 0.4) is 0 Å². The number of carbonyl (C=O) groups is 1. The Morgan fingerprint density at radius 3 is 2.43 bits per heavy atom. The molecular formula is C21H23FN4O3S. The molecule has 0 saturated heterocycles. The maximum atomic E-state index is 14.3. The summed E-state index contributed by atoms with van der Waals surface area (Å²) in [6.45, 7) is 4.63. The fourth-order valence-corrected chi connectivity index (χ4v) is 4.52. The Morgan fingerprint density at radius 1 is 1.13 bits per heavy atom. The highest BCUT2D eigenvalue weighted by Crippen LogP contribution is 2.20. The zero-order valence-corrected chi connectivity index (χ0v) is 17.6. The van der Waals surface area contributed by atoms with Crippen LogP contribution >= 0.6 is 0 Å². The minimum absolute atomic E-state index is 0.117. The first-order valence-corrected chi connectivity index (χ1v) is 10.9. The van der Waals surface area contributed by atoms with E-state index in [1.807, 2.05) is 22.9 Å². The molecule has 0 aliphatic heterocycles. The molecule has 0 spiro atoms. The second-order valence-corrected chi connectivity index (χ2v) is 8.55. The Hall–Kier alpha value is -3.04. The van der Waals surface area contributed by atoms with E-state index >= 15 is 0 Å². The quantitative estimate of drug-likeness (QED) is 0.594. The second kappa shape index (κ2) is 9.19. The van der Waals surface area contributed by atoms with Gasteiger partial charge in [-0.1, -0.05) is 26.0 Å². The Labute approximate surface area is 175 Å². The Balaban J connectivity index is 1.78. The van der Waals surface area contributed by atoms with Gasteiger partial charge in [-0.15, -0.1) is 0 Å². The summed E-state index contributed by atoms with van der Waals surface area (Å²) in [5, 5.41) is 2.61. The molecule has 9 heteroatoms. The van der Waals surface area contributed by atoms with E-state index < -0.39 is 21.7 Å². The summed E-state index contributed by atoms with van der Waals surface area (Å²) in [6.07, 6.45) is 5.24. The lowest BCUT2D eigenvalue weighted by Crippen LogP contribution is -2.31. The van der Waals surface area contributed by atoms with Gasteiger partial charge in [0.1, 0.15) is 5.82 Å². The lowest BCUT2D eigenvalue weighted by Gasteiger charge is -2.19. The summed E-state index contributed by atoms with van der Waals surface area (Å²) >= 11 is 0. The molecule has 3 rings (SSSR count). The number of hydrogen-bond acceptors (Lipinski definition) is 4. The highest BCUT2D eigenvalue weighted by molar-refractivity contribution is 7.89. The highest BCUT2D eigenvalue weighted by atomic mass is 32.2. The summed E-state index contributed by atoms with van der Waals surface area (Å²) in [4.78, 5) is 16.5. The molecule has 1 aromatic heterocycles. The number of carbonyl (C=O) groups excluding carboxylic acids is 1. The van der Waals surface area contributed by atoms with Crippen LogP contribution in [-0.4, -0.2) is 41.3 Å². The molecule has 0 radical (unpaired) electrons. The molecule has 0 saturated carbocycles. The van der Waals surface area contributed by atoms with Gasteiger partial charge < -0.3 is 9.88 Å². The van der Waals surface area contributed by atoms with E-state index in [0.717, 1.165) is 17.7 Å². The second-order valence-electron chi connectivity index (χ2n) is 6.62. The molecule has 0 aliphatic rings. The number of imidazole rings is 1. The lowest BCUT2D eigenvalue weighted by atomic mass is 10.1. The predicted molar refractivity (Wildman–Crippen MR) is 112 cm³/mol. The van der Waals surface area contributed by atoms with Gasteiger partial charge in [0.15, 0.2) is 0 Å². The van der Waals surface area contributed by atoms with E-state index in [1.54, 1.807) is 38.5 Å². The van der Waals surface area contributed by atoms with Gasteiger partial charge in [-0.05, 0) is 35.9 Å². The van der Waals surface area contributed by atoms with Gasteiger partial charge in [-0.25, -0.2) is 17.8 Å². The van der Waals surface area contributed by atoms with Crippen LogP contribution in [0.4, 0.5) is 10.1 Å². The number of halogens is 1. The van der Waals surface area contributed by atoms with E-state index in [0.29, 0.717) is 12.2 Å². The third-order valence-corrected chi connectivity index (χ3v) is 6.71. The average Bonchev–Trinajstić information content (AvgIpc) is 3.23. The van der Waals surface area contributed by atoms with E-state index in [9.17, 15) is 17.6 Å². The number of nitrogens with zero attached hydrogens (tertiary/aromatic N) is 3. The average molecular weight is 431 g/mol. The number of anilines is 1. The molecule has 0 fully saturated rings. The number of benzene rings is 2. The molecule has 0 unspecified atom stereocenters. The summed E-state index contributed by atoms with van der Waals surface area (Å²) < 4.78 is 42.8. The number of rotatable bonds is 8. The molecular weight excluding hydrogens is 407 g/mol. The van der Waals surface area contributed by atoms with Crippen molar-refractivity contribution < 1.29 is 17.6 Å². The smallest absolute Gasteiger partial charge is 0.258 e. The van der Waals surface area contributed by atoms with Crippen LogP contribution in [0.1, 0.15) is 29.8 Å². The van der Waals surface area contributed by atoms with Crippen molar-refractivity contribution in [3.63, 3.8) is 0 Å². The van der Waals surface area contributed by atoms with Crippen molar-refractivity contribution in [1.29, 1.82) is 0 Å². The standard InChI is InChI=1S/C21H23FN4O3S/c1-3-26(4-2)30(28,29)18-9-10-20(22)19(13-18)21(27)24-17-7-5-16(6-8-17)14-25-12-11-23-15-25/h5-13,15H,3-4,14H2,1-2H3,(H,24,27). The molecule has 0 atom stereocenters. The van der Waals surface area contributed by atoms with Gasteiger partial charge in [-0.3, -0.25) is 4.79 Å². The lowest BCUT2D eigenvalue weighted by molar-refractivity contribution is 0.102. The summed E-state index contributed by atoms with van der Waals surface area (Å²) in [5.41, 5.74) is 1.15. The van der Waals surface area contributed by atoms with E-state index in [-0.39, 0.29) is 23.5 Å². The number of amides is 1. The van der Waals surface area contributed by atoms with Crippen LogP contribution < -0.4 is 5.32 Å². The Morgan fingerprint density at radius 2 is 1.83 bits per heavy atom. The topological polar surface area (TPSA) is 84.3 Å². The fourth-order valence-electron chi connectivity index (χ4n) is 3.03. The van der Waals surface area contributed by atoms with Crippen LogP contribution in [0.5, 0.6) is 0 Å². The summed E-state index contributed by atoms with van der Waals surface area (Å²) in [6, 6.07) is 10.3. The molecule has 1 amide bonds. The van der Waals surface area contributed by atoms with Crippen molar-refractivity contribution in [3.05, 3.63) is 78.1 Å². The van der Waals surface area contributed by atoms with Gasteiger partial charge in [0.25, 0.3) is 5.91 Å². The van der Waals surface area contributed by atoms with Crippen LogP contribution in [0.25, 0.3) is 0 Å². The van der Waals surface area contributed by atoms with Crippen LogP contribution in [0.15, 0.2) is 66.1 Å². The number of sulfonamides is 1. The first-order valence-electron chi connectivity index (χ1n) is 9.51. The molecule has 1 heterocycles. The van der Waals surface area contributed by atoms with Crippen molar-refractivity contribution in [1.82, 2.24) is 13.9 Å². The summed E-state index contributed by atoms with van der Waals surface area (Å²) in [7, 11) is -3.80. The van der Waals surface area contributed by atoms with E-state index in [4.69, 9.17) is 0 Å². The van der Waals surface area contributed by atoms with E-state index in [2.05, 4.69) is 10.3 Å². The maximum absolute atomic E-state index is 14.3. The molecule has 3 aromatic rings. The first kappa shape index (κ1) is 21.7. The molecule has 2 aromatic carbocycles. The third-order valence-electron chi connectivity index (χ3n) is 4.66. The van der Waals surface area contributed by atoms with Crippen molar-refractivity contribution in [2.24, 2.45) is 0 Å². The van der Waals surface area contributed by atoms with Gasteiger partial charge in [0.05, 0.1) is 16.8 Å². The van der Waals surface area contributed by atoms with Gasteiger partial charge in [0, 0.05) is 37.7 Å². The highest BCUT2D eigenvalue weighted by Gasteiger charge is 2.24. The zero-order chi connectivity index (χ0) is 21.7. The number of hydrogen-bond donors (Lipinski definition) is 1. The molecule has 158 valence electrons. The van der Waals surface area contributed by atoms with Crippen LogP contribution in [0, 0.1) is 5.82 Å². The van der Waals surface area contributed by atoms with Crippen LogP contribution in [-0.2, 0) is 16.6 Å². The van der Waals surface area contributed by atoms with Crippen molar-refractivity contribution in [3.8, 4) is 0 Å². The normalized spacial score (nSPS) is 11.6. The number of nitrogens with one attached hydrogen (secondary N) is 1. The zero-order valence-electron chi connectivity index (χ0n) is 16.7. The third kappa shape index (κ3) is 4.74. The molecule has 30 heavy (non-hydrogen) atoms. The molecule has 7 nitrogen and oxygen atoms in total. The Bertz CT molecular complexity index is 1110. The van der Waals surface area contributed by atoms with Gasteiger partial charge in [-0.2, -0.15) is 4.31 Å². The fraction of sp³-hybridized carbons (Fsp3) is 0.238. The van der Waals surface area contributed by atoms with Crippen LogP contribution in [0.2, 0.25) is 0 Å². The van der Waals surface area contributed by atoms with Crippen molar-refractivity contribution in [2.45, 2.75) is 25.3 Å². The van der Waals surface area contributed by atoms with Crippen molar-refractivity contribution >= 4 is 21.6 Å². The van der Waals surface area contributed by atoms with Crippen molar-refractivity contribution in [2.75, 3.05) is 18.4 Å². The summed E-state index contributed by atoms with van der Waals surface area (Å²) in [5.74, 6) is -1.51. The minimum Gasteiger partial charge on any atom is -0.333 e. The molecule has 1 N–H and O–H groups in total. The number of aromatic nitrogens is 2. The Kier molecular flexibility index (Phi) is 6.63. The predicted octanol–water partition coefficient (Wildman–Crippen LogP) is 3.35. The monoisotopic (exact) mass is 430 g/mol. The maximum Gasteiger partial charge on any atom is 0.258 e. The largest absolute Gasteiger partial charge is 0.333 e. The minimum atomic E-state index is -3.80. The van der Waals surface area contributed by atoms with Gasteiger partial charge in [0.2, 0.25) is 10.0 Å². The molecule has 0 aliphatic carbocycles. The van der Waals surface area contributed by atoms with Gasteiger partial charge >= 0.3 is 0 Å². The van der Waals surface area contributed by atoms with E-state index in [1.165, 1.54) is 10.4 Å².